The van der Waals surface area contributed by atoms with Crippen LogP contribution in [0.1, 0.15) is 19.4 Å². The van der Waals surface area contributed by atoms with Crippen molar-refractivity contribution in [2.75, 3.05) is 75.4 Å². The zero-order valence-electron chi connectivity index (χ0n) is 27.9. The van der Waals surface area contributed by atoms with E-state index >= 15 is 0 Å². The van der Waals surface area contributed by atoms with Gasteiger partial charge in [-0.2, -0.15) is 5.10 Å². The number of likely N-dealkylation sites (N-methyl/N-ethyl adjacent to an activating group) is 2. The Balaban J connectivity index is 0.936. The molecule has 3 aromatic carbocycles. The fourth-order valence-electron chi connectivity index (χ4n) is 6.70. The maximum Gasteiger partial charge on any atom is 0.217 e. The lowest BCUT2D eigenvalue weighted by Gasteiger charge is -2.37. The molecule has 49 heavy (non-hydrogen) atoms. The van der Waals surface area contributed by atoms with Crippen molar-refractivity contribution in [2.45, 2.75) is 32.3 Å². The van der Waals surface area contributed by atoms with Gasteiger partial charge in [-0.05, 0) is 68.4 Å². The molecule has 3 aliphatic heterocycles. The summed E-state index contributed by atoms with van der Waals surface area (Å²) in [5, 5.41) is 5.24. The summed E-state index contributed by atoms with van der Waals surface area (Å²) in [5.74, 6) is 0.711. The Hall–Kier alpha value is -4.03. The summed E-state index contributed by atoms with van der Waals surface area (Å²) in [6.07, 6.45) is 2.78. The van der Waals surface area contributed by atoms with Gasteiger partial charge < -0.3 is 33.8 Å². The summed E-state index contributed by atoms with van der Waals surface area (Å²) in [4.78, 5) is 18.7. The number of halogens is 2. The number of aromatic nitrogens is 3. The summed E-state index contributed by atoms with van der Waals surface area (Å²) in [5.41, 5.74) is 4.08. The van der Waals surface area contributed by atoms with Gasteiger partial charge in [0, 0.05) is 74.3 Å². The van der Waals surface area contributed by atoms with Crippen molar-refractivity contribution in [2.24, 2.45) is 4.99 Å². The SMILES string of the molecule is CCN1CCN(CC)C1=Nc1cccc(N2CCN(c3ccc(OCC4COC(Cn5cncn5)(c5ccc(Cl)cc5Cl)O4)cc3)CC2)c1. The molecule has 4 heterocycles. The molecular formula is C36H42Cl2N8O3. The second kappa shape index (κ2) is 14.8. The van der Waals surface area contributed by atoms with Crippen LogP contribution >= 0.6 is 23.2 Å². The number of piperazine rings is 1. The highest BCUT2D eigenvalue weighted by atomic mass is 35.5. The lowest BCUT2D eigenvalue weighted by molar-refractivity contribution is -0.190. The molecule has 258 valence electrons. The lowest BCUT2D eigenvalue weighted by Crippen LogP contribution is -2.46. The van der Waals surface area contributed by atoms with Gasteiger partial charge in [0.25, 0.3) is 0 Å². The molecule has 0 bridgehead atoms. The number of ether oxygens (including phenoxy) is 3. The molecular weight excluding hydrogens is 663 g/mol. The van der Waals surface area contributed by atoms with Gasteiger partial charge in [-0.3, -0.25) is 0 Å². The zero-order valence-corrected chi connectivity index (χ0v) is 29.4. The fourth-order valence-corrected chi connectivity index (χ4v) is 7.26. The normalized spacial score (nSPS) is 21.1. The standard InChI is InChI=1S/C36H42Cl2N8O3/c1-3-42-14-15-43(4-2)35(42)41-28-6-5-7-30(21-28)45-18-16-44(17-19-45)29-9-11-31(12-10-29)47-22-32-23-48-36(49-32,24-46-26-39-25-40-46)33-13-8-27(37)20-34(33)38/h5-13,20-21,25-26,32H,3-4,14-19,22-24H2,1-2H3. The average Bonchev–Trinajstić information content (AvgIpc) is 3.89. The fraction of sp³-hybridized carbons (Fsp3) is 0.417. The maximum atomic E-state index is 6.60. The molecule has 2 atom stereocenters. The van der Waals surface area contributed by atoms with Gasteiger partial charge in [0.05, 0.1) is 17.3 Å². The monoisotopic (exact) mass is 704 g/mol. The highest BCUT2D eigenvalue weighted by molar-refractivity contribution is 6.35. The van der Waals surface area contributed by atoms with Crippen LogP contribution in [0.25, 0.3) is 0 Å². The molecule has 0 N–H and O–H groups in total. The third-order valence-electron chi connectivity index (χ3n) is 9.35. The Morgan fingerprint density at radius 3 is 2.29 bits per heavy atom. The van der Waals surface area contributed by atoms with Crippen LogP contribution in [0.4, 0.5) is 17.1 Å². The van der Waals surface area contributed by atoms with Crippen molar-refractivity contribution in [3.63, 3.8) is 0 Å². The number of hydrogen-bond acceptors (Lipinski definition) is 8. The second-order valence-electron chi connectivity index (χ2n) is 12.4. The van der Waals surface area contributed by atoms with E-state index in [0.717, 1.165) is 69.8 Å². The second-order valence-corrected chi connectivity index (χ2v) is 13.2. The summed E-state index contributed by atoms with van der Waals surface area (Å²) in [6.45, 7) is 13.1. The van der Waals surface area contributed by atoms with Gasteiger partial charge in [0.2, 0.25) is 11.7 Å². The first kappa shape index (κ1) is 33.5. The minimum Gasteiger partial charge on any atom is -0.491 e. The maximum absolute atomic E-state index is 6.60. The Morgan fingerprint density at radius 2 is 1.61 bits per heavy atom. The van der Waals surface area contributed by atoms with Crippen LogP contribution in [0.5, 0.6) is 5.75 Å². The molecule has 0 radical (unpaired) electrons. The van der Waals surface area contributed by atoms with E-state index in [-0.39, 0.29) is 12.6 Å². The number of aliphatic imine (C=N–C) groups is 1. The van der Waals surface area contributed by atoms with Crippen LogP contribution < -0.4 is 14.5 Å². The third kappa shape index (κ3) is 7.45. The van der Waals surface area contributed by atoms with E-state index in [1.54, 1.807) is 23.1 Å². The number of rotatable bonds is 11. The van der Waals surface area contributed by atoms with E-state index in [2.05, 4.69) is 79.9 Å². The van der Waals surface area contributed by atoms with Gasteiger partial charge in [0.1, 0.15) is 37.7 Å². The first-order valence-corrected chi connectivity index (χ1v) is 17.7. The molecule has 4 aromatic rings. The van der Waals surface area contributed by atoms with Gasteiger partial charge in [0.15, 0.2) is 0 Å². The van der Waals surface area contributed by atoms with E-state index in [1.165, 1.54) is 17.7 Å². The quantitative estimate of drug-likeness (QED) is 0.189. The average molecular weight is 706 g/mol. The molecule has 3 saturated heterocycles. The van der Waals surface area contributed by atoms with Crippen LogP contribution in [-0.2, 0) is 21.8 Å². The Labute approximate surface area is 297 Å². The summed E-state index contributed by atoms with van der Waals surface area (Å²) in [6, 6.07) is 22.2. The van der Waals surface area contributed by atoms with Crippen molar-refractivity contribution >= 4 is 46.2 Å². The van der Waals surface area contributed by atoms with E-state index in [9.17, 15) is 0 Å². The minimum atomic E-state index is -1.15. The van der Waals surface area contributed by atoms with Crippen LogP contribution in [0.3, 0.4) is 0 Å². The van der Waals surface area contributed by atoms with Crippen molar-refractivity contribution in [3.8, 4) is 5.75 Å². The van der Waals surface area contributed by atoms with Gasteiger partial charge in [-0.1, -0.05) is 35.3 Å². The van der Waals surface area contributed by atoms with Crippen molar-refractivity contribution in [3.05, 3.63) is 95.0 Å². The summed E-state index contributed by atoms with van der Waals surface area (Å²) < 4.78 is 20.6. The molecule has 0 saturated carbocycles. The predicted octanol–water partition coefficient (Wildman–Crippen LogP) is 5.90. The third-order valence-corrected chi connectivity index (χ3v) is 9.90. The molecule has 3 aliphatic rings. The minimum absolute atomic E-state index is 0.280. The Morgan fingerprint density at radius 1 is 0.878 bits per heavy atom. The van der Waals surface area contributed by atoms with Gasteiger partial charge in [-0.25, -0.2) is 14.7 Å². The smallest absolute Gasteiger partial charge is 0.217 e. The van der Waals surface area contributed by atoms with Crippen LogP contribution in [0, 0.1) is 0 Å². The van der Waals surface area contributed by atoms with E-state index in [1.807, 2.05) is 18.2 Å². The predicted molar refractivity (Wildman–Crippen MR) is 193 cm³/mol. The number of hydrogen-bond donors (Lipinski definition) is 0. The molecule has 1 aromatic heterocycles. The van der Waals surface area contributed by atoms with Gasteiger partial charge >= 0.3 is 0 Å². The highest BCUT2D eigenvalue weighted by Crippen LogP contribution is 2.40. The molecule has 0 amide bonds. The Kier molecular flexibility index (Phi) is 10.1. The van der Waals surface area contributed by atoms with E-state index in [4.69, 9.17) is 42.4 Å². The van der Waals surface area contributed by atoms with E-state index in [0.29, 0.717) is 28.8 Å². The Bertz CT molecular complexity index is 1720. The lowest BCUT2D eigenvalue weighted by atomic mass is 10.1. The summed E-state index contributed by atoms with van der Waals surface area (Å²) in [7, 11) is 0. The van der Waals surface area contributed by atoms with Crippen molar-refractivity contribution in [1.29, 1.82) is 0 Å². The van der Waals surface area contributed by atoms with Crippen LogP contribution in [-0.4, -0.2) is 102 Å². The number of guanidine groups is 1. The first-order chi connectivity index (χ1) is 23.9. The van der Waals surface area contributed by atoms with Crippen LogP contribution in [0.2, 0.25) is 10.0 Å². The molecule has 3 fully saturated rings. The number of anilines is 2. The van der Waals surface area contributed by atoms with Crippen molar-refractivity contribution in [1.82, 2.24) is 24.6 Å². The molecule has 2 unspecified atom stereocenters. The molecule has 7 rings (SSSR count). The summed E-state index contributed by atoms with van der Waals surface area (Å²) >= 11 is 12.8. The van der Waals surface area contributed by atoms with Crippen LogP contribution in [0.15, 0.2) is 84.4 Å². The topological polar surface area (TPSA) is 83.7 Å². The molecule has 11 nitrogen and oxygen atoms in total. The molecule has 0 spiro atoms. The zero-order chi connectivity index (χ0) is 33.8. The highest BCUT2D eigenvalue weighted by Gasteiger charge is 2.45. The van der Waals surface area contributed by atoms with Gasteiger partial charge in [-0.15, -0.1) is 0 Å². The van der Waals surface area contributed by atoms with E-state index < -0.39 is 5.79 Å². The molecule has 13 heteroatoms. The number of nitrogens with zero attached hydrogens (tertiary/aromatic N) is 8. The largest absolute Gasteiger partial charge is 0.491 e. The first-order valence-electron chi connectivity index (χ1n) is 16.9. The van der Waals surface area contributed by atoms with Crippen molar-refractivity contribution < 1.29 is 14.2 Å². The molecule has 0 aliphatic carbocycles. The number of benzene rings is 3.